The van der Waals surface area contributed by atoms with E-state index in [1.54, 1.807) is 13.8 Å². The van der Waals surface area contributed by atoms with E-state index >= 15 is 0 Å². The summed E-state index contributed by atoms with van der Waals surface area (Å²) in [5.74, 6) is -0.972. The van der Waals surface area contributed by atoms with Gasteiger partial charge in [-0.25, -0.2) is 0 Å². The van der Waals surface area contributed by atoms with Crippen molar-refractivity contribution in [3.63, 3.8) is 0 Å². The van der Waals surface area contributed by atoms with Crippen molar-refractivity contribution in [1.29, 1.82) is 0 Å². The third-order valence-corrected chi connectivity index (χ3v) is 0.494. The van der Waals surface area contributed by atoms with Crippen molar-refractivity contribution in [3.05, 3.63) is 0 Å². The lowest BCUT2D eigenvalue weighted by molar-refractivity contribution is -0.140. The molecule has 10 heavy (non-hydrogen) atoms. The maximum atomic E-state index is 9.70. The molecule has 0 unspecified atom stereocenters. The second-order valence-electron chi connectivity index (χ2n) is 1.78. The fraction of sp³-hybridized carbons (Fsp3) is 0.750. The standard InChI is InChI=1S/C4H8O2.H3O3P/c1-3(2)4(5)6;1-4(2)3/h3H,1-2H3,(H,5,6);4H,(H2,1,2,3). The molecule has 0 bridgehead atoms. The van der Waals surface area contributed by atoms with Crippen LogP contribution in [0.25, 0.3) is 0 Å². The topological polar surface area (TPSA) is 94.8 Å². The highest BCUT2D eigenvalue weighted by Crippen LogP contribution is 1.98. The zero-order valence-electron chi connectivity index (χ0n) is 5.74. The Morgan fingerprint density at radius 3 is 1.50 bits per heavy atom. The molecule has 0 fully saturated rings. The van der Waals surface area contributed by atoms with E-state index < -0.39 is 14.2 Å². The predicted molar refractivity (Wildman–Crippen MR) is 35.9 cm³/mol. The smallest absolute Gasteiger partial charge is 0.314 e. The molecule has 0 aliphatic carbocycles. The molecule has 6 heteroatoms. The van der Waals surface area contributed by atoms with Gasteiger partial charge in [0.05, 0.1) is 5.92 Å². The van der Waals surface area contributed by atoms with Gasteiger partial charge in [0.25, 0.3) is 0 Å². The van der Waals surface area contributed by atoms with E-state index in [0.29, 0.717) is 0 Å². The first-order valence-corrected chi connectivity index (χ1v) is 3.83. The van der Waals surface area contributed by atoms with E-state index in [4.69, 9.17) is 19.5 Å². The van der Waals surface area contributed by atoms with Gasteiger partial charge in [0.2, 0.25) is 0 Å². The van der Waals surface area contributed by atoms with E-state index in [-0.39, 0.29) is 5.92 Å². The maximum absolute atomic E-state index is 9.70. The van der Waals surface area contributed by atoms with E-state index in [2.05, 4.69) is 0 Å². The van der Waals surface area contributed by atoms with Crippen LogP contribution in [0, 0.1) is 5.92 Å². The Hall–Kier alpha value is -0.380. The lowest BCUT2D eigenvalue weighted by Crippen LogP contribution is -2.03. The molecule has 0 aromatic carbocycles. The van der Waals surface area contributed by atoms with Crippen molar-refractivity contribution >= 4 is 14.2 Å². The molecule has 0 heterocycles. The quantitative estimate of drug-likeness (QED) is 0.484. The lowest BCUT2D eigenvalue weighted by Gasteiger charge is -1.89. The van der Waals surface area contributed by atoms with Crippen LogP contribution in [0.3, 0.4) is 0 Å². The van der Waals surface area contributed by atoms with Gasteiger partial charge >= 0.3 is 14.2 Å². The van der Waals surface area contributed by atoms with Crippen LogP contribution < -0.4 is 0 Å². The van der Waals surface area contributed by atoms with Gasteiger partial charge < -0.3 is 14.9 Å². The van der Waals surface area contributed by atoms with Crippen molar-refractivity contribution in [2.24, 2.45) is 5.92 Å². The molecule has 0 rings (SSSR count). The van der Waals surface area contributed by atoms with Crippen LogP contribution in [0.4, 0.5) is 0 Å². The van der Waals surface area contributed by atoms with Gasteiger partial charge in [-0.15, -0.1) is 0 Å². The molecule has 0 saturated carbocycles. The fourth-order valence-corrected chi connectivity index (χ4v) is 0. The average Bonchev–Trinajstić information content (AvgIpc) is 1.63. The van der Waals surface area contributed by atoms with E-state index in [9.17, 15) is 4.79 Å². The molecule has 0 amide bonds. The Labute approximate surface area is 59.3 Å². The highest BCUT2D eigenvalue weighted by atomic mass is 31.1. The van der Waals surface area contributed by atoms with E-state index in [1.807, 2.05) is 0 Å². The normalized spacial score (nSPS) is 9.00. The summed E-state index contributed by atoms with van der Waals surface area (Å²) in [4.78, 5) is 24.0. The minimum atomic E-state index is -3.13. The third-order valence-electron chi connectivity index (χ3n) is 0.494. The predicted octanol–water partition coefficient (Wildman–Crippen LogP) is 0.0877. The largest absolute Gasteiger partial charge is 0.481 e. The number of carboxylic acid groups (broad SMARTS) is 1. The zero-order chi connectivity index (χ0) is 8.73. The van der Waals surface area contributed by atoms with Crippen molar-refractivity contribution < 1.29 is 24.3 Å². The number of aliphatic carboxylic acids is 1. The lowest BCUT2D eigenvalue weighted by atomic mass is 10.2. The molecule has 0 aliphatic heterocycles. The van der Waals surface area contributed by atoms with Gasteiger partial charge in [0, 0.05) is 0 Å². The fourth-order valence-electron chi connectivity index (χ4n) is 0. The summed E-state index contributed by atoms with van der Waals surface area (Å²) in [5, 5.41) is 7.99. The van der Waals surface area contributed by atoms with Crippen LogP contribution in [-0.4, -0.2) is 20.9 Å². The van der Waals surface area contributed by atoms with Crippen LogP contribution in [0.15, 0.2) is 0 Å². The van der Waals surface area contributed by atoms with E-state index in [1.165, 1.54) is 0 Å². The van der Waals surface area contributed by atoms with Crippen molar-refractivity contribution in [3.8, 4) is 0 Å². The molecule has 0 spiro atoms. The van der Waals surface area contributed by atoms with Gasteiger partial charge in [0.1, 0.15) is 0 Å². The summed E-state index contributed by atoms with van der Waals surface area (Å²) >= 11 is 0. The first kappa shape index (κ1) is 12.3. The zero-order valence-corrected chi connectivity index (χ0v) is 6.74. The average molecular weight is 170 g/mol. The Bertz CT molecular complexity index is 117. The van der Waals surface area contributed by atoms with Gasteiger partial charge in [0.15, 0.2) is 0 Å². The summed E-state index contributed by atoms with van der Waals surface area (Å²) in [5.41, 5.74) is 0. The van der Waals surface area contributed by atoms with Crippen molar-refractivity contribution in [2.45, 2.75) is 13.8 Å². The van der Waals surface area contributed by atoms with Crippen LogP contribution in [0.5, 0.6) is 0 Å². The number of rotatable bonds is 1. The van der Waals surface area contributed by atoms with Crippen molar-refractivity contribution in [1.82, 2.24) is 0 Å². The highest BCUT2D eigenvalue weighted by molar-refractivity contribution is 7.30. The van der Waals surface area contributed by atoms with Crippen LogP contribution in [0.2, 0.25) is 0 Å². The molecule has 0 saturated heterocycles. The molecule has 0 aromatic heterocycles. The van der Waals surface area contributed by atoms with Crippen LogP contribution in [0.1, 0.15) is 13.8 Å². The number of hydrogen-bond donors (Lipinski definition) is 3. The number of carboxylic acids is 1. The Morgan fingerprint density at radius 1 is 1.40 bits per heavy atom. The minimum absolute atomic E-state index is 0.231. The van der Waals surface area contributed by atoms with Gasteiger partial charge in [-0.3, -0.25) is 9.36 Å². The molecule has 5 nitrogen and oxygen atoms in total. The first-order valence-electron chi connectivity index (χ1n) is 2.52. The highest BCUT2D eigenvalue weighted by Gasteiger charge is 1.99. The minimum Gasteiger partial charge on any atom is -0.481 e. The maximum Gasteiger partial charge on any atom is 0.314 e. The van der Waals surface area contributed by atoms with Gasteiger partial charge in [-0.1, -0.05) is 13.8 Å². The third kappa shape index (κ3) is 25.5. The molecule has 3 N–H and O–H groups in total. The molecule has 62 valence electrons. The second-order valence-corrected chi connectivity index (χ2v) is 2.34. The summed E-state index contributed by atoms with van der Waals surface area (Å²) in [7, 11) is -3.13. The monoisotopic (exact) mass is 170 g/mol. The molecule has 0 aromatic rings. The van der Waals surface area contributed by atoms with Gasteiger partial charge in [-0.05, 0) is 0 Å². The Balaban J connectivity index is 0. The molecule has 0 atom stereocenters. The second kappa shape index (κ2) is 6.74. The summed E-state index contributed by atoms with van der Waals surface area (Å²) < 4.78 is 8.74. The Morgan fingerprint density at radius 2 is 1.50 bits per heavy atom. The molecule has 0 radical (unpaired) electrons. The first-order chi connectivity index (χ1) is 4.37. The molecular formula is C4H11O5P. The summed E-state index contributed by atoms with van der Waals surface area (Å²) in [6, 6.07) is 0. The van der Waals surface area contributed by atoms with Crippen molar-refractivity contribution in [2.75, 3.05) is 0 Å². The molecular weight excluding hydrogens is 159 g/mol. The van der Waals surface area contributed by atoms with Crippen LogP contribution in [-0.2, 0) is 9.36 Å². The Kier molecular flexibility index (Phi) is 8.29. The van der Waals surface area contributed by atoms with Crippen LogP contribution >= 0.6 is 8.25 Å². The summed E-state index contributed by atoms with van der Waals surface area (Å²) in [6.07, 6.45) is 0. The van der Waals surface area contributed by atoms with E-state index in [0.717, 1.165) is 0 Å². The van der Waals surface area contributed by atoms with Gasteiger partial charge in [-0.2, -0.15) is 0 Å². The SMILES string of the molecule is CC(C)C(=O)O.O=[PH](O)O. The number of carbonyl (C=O) groups is 1. The summed E-state index contributed by atoms with van der Waals surface area (Å²) in [6.45, 7) is 3.28. The number of hydrogen-bond acceptors (Lipinski definition) is 2. The molecule has 0 aliphatic rings.